The molecule has 1 unspecified atom stereocenters. The number of methoxy groups -OCH3 is 3. The normalized spacial score (nSPS) is 13.9. The van der Waals surface area contributed by atoms with Crippen LogP contribution in [0.2, 0.25) is 0 Å². The second-order valence-corrected chi connectivity index (χ2v) is 11.8. The highest BCUT2D eigenvalue weighted by Crippen LogP contribution is 2.34. The van der Waals surface area contributed by atoms with Crippen LogP contribution >= 0.6 is 11.8 Å². The number of ether oxygens (including phenoxy) is 3. The second-order valence-electron chi connectivity index (χ2n) is 10.9. The summed E-state index contributed by atoms with van der Waals surface area (Å²) in [4.78, 5) is 26.9. The third kappa shape index (κ3) is 7.41. The fourth-order valence-corrected chi connectivity index (χ4v) is 6.24. The lowest BCUT2D eigenvalue weighted by Gasteiger charge is -2.22. The van der Waals surface area contributed by atoms with E-state index in [0.29, 0.717) is 40.2 Å². The number of rotatable bonds is 12. The Hall–Kier alpha value is -5.69. The number of thioether (sulfide) groups is 1. The van der Waals surface area contributed by atoms with Gasteiger partial charge in [-0.3, -0.25) is 14.2 Å². The van der Waals surface area contributed by atoms with Crippen molar-refractivity contribution < 1.29 is 28.2 Å². The van der Waals surface area contributed by atoms with E-state index in [-0.39, 0.29) is 29.9 Å². The van der Waals surface area contributed by atoms with Crippen molar-refractivity contribution in [3.8, 4) is 22.9 Å². The van der Waals surface area contributed by atoms with Crippen molar-refractivity contribution in [2.24, 2.45) is 5.10 Å². The van der Waals surface area contributed by atoms with E-state index in [1.165, 1.54) is 43.1 Å². The maximum absolute atomic E-state index is 13.8. The Morgan fingerprint density at radius 3 is 2.31 bits per heavy atom. The molecule has 0 bridgehead atoms. The number of hydrogen-bond acceptors (Lipinski definition) is 9. The predicted octanol–water partition coefficient (Wildman–Crippen LogP) is 5.83. The fraction of sp³-hybridized carbons (Fsp3) is 0.194. The zero-order valence-corrected chi connectivity index (χ0v) is 27.8. The highest BCUT2D eigenvalue weighted by atomic mass is 32.2. The Bertz CT molecular complexity index is 1970. The van der Waals surface area contributed by atoms with Gasteiger partial charge in [0.05, 0.1) is 45.4 Å². The number of carbonyl (C=O) groups is 2. The lowest BCUT2D eigenvalue weighted by atomic mass is 9.98. The third-order valence-electron chi connectivity index (χ3n) is 7.94. The Balaban J connectivity index is 1.22. The molecule has 250 valence electrons. The van der Waals surface area contributed by atoms with Crippen LogP contribution in [0.3, 0.4) is 0 Å². The number of amides is 2. The summed E-state index contributed by atoms with van der Waals surface area (Å²) in [5.74, 6) is 1.19. The van der Waals surface area contributed by atoms with Crippen molar-refractivity contribution in [1.29, 1.82) is 0 Å². The van der Waals surface area contributed by atoms with Crippen LogP contribution in [0.5, 0.6) is 17.2 Å². The number of hydrazone groups is 1. The summed E-state index contributed by atoms with van der Waals surface area (Å²) < 4.78 is 31.5. The van der Waals surface area contributed by atoms with Crippen LogP contribution in [0.15, 0.2) is 107 Å². The molecule has 2 heterocycles. The van der Waals surface area contributed by atoms with Crippen LogP contribution in [0.4, 0.5) is 4.39 Å². The molecule has 1 atom stereocenters. The Morgan fingerprint density at radius 2 is 1.61 bits per heavy atom. The lowest BCUT2D eigenvalue weighted by molar-refractivity contribution is -0.130. The standard InChI is InChI=1S/C36H33FN6O5S/c1-46-28-16-11-23(12-17-28)29-20-30(24-9-14-26(37)15-10-24)43(41-29)34(44)22-49-36-40-39-33(42(36)27-7-5-4-6-8-27)21-38-35(45)25-13-18-31(47-2)32(19-25)48-3/h4-19,30H,20-22H2,1-3H3,(H,38,45). The molecule has 5 aromatic rings. The van der Waals surface area contributed by atoms with E-state index in [1.54, 1.807) is 42.0 Å². The maximum Gasteiger partial charge on any atom is 0.253 e. The highest BCUT2D eigenvalue weighted by Gasteiger charge is 2.33. The summed E-state index contributed by atoms with van der Waals surface area (Å²) in [6.07, 6.45) is 0.457. The summed E-state index contributed by atoms with van der Waals surface area (Å²) in [7, 11) is 4.63. The van der Waals surface area contributed by atoms with Crippen LogP contribution < -0.4 is 19.5 Å². The SMILES string of the molecule is COc1ccc(C2=NN(C(=O)CSc3nnc(CNC(=O)c4ccc(OC)c(OC)c4)n3-c3ccccc3)C(c3ccc(F)cc3)C2)cc1. The molecule has 2 amide bonds. The summed E-state index contributed by atoms with van der Waals surface area (Å²) in [5, 5.41) is 18.3. The molecule has 0 fully saturated rings. The number of aromatic nitrogens is 3. The number of benzene rings is 4. The zero-order valence-electron chi connectivity index (χ0n) is 27.0. The van der Waals surface area contributed by atoms with E-state index in [9.17, 15) is 14.0 Å². The van der Waals surface area contributed by atoms with Gasteiger partial charge in [-0.2, -0.15) is 5.10 Å². The van der Waals surface area contributed by atoms with Gasteiger partial charge < -0.3 is 19.5 Å². The van der Waals surface area contributed by atoms with E-state index >= 15 is 0 Å². The van der Waals surface area contributed by atoms with Gasteiger partial charge in [-0.15, -0.1) is 10.2 Å². The van der Waals surface area contributed by atoms with E-state index in [2.05, 4.69) is 15.5 Å². The first-order valence-corrected chi connectivity index (χ1v) is 16.3. The van der Waals surface area contributed by atoms with E-state index in [1.807, 2.05) is 54.6 Å². The monoisotopic (exact) mass is 680 g/mol. The minimum absolute atomic E-state index is 0.0000557. The van der Waals surface area contributed by atoms with E-state index < -0.39 is 6.04 Å². The molecule has 49 heavy (non-hydrogen) atoms. The first kappa shape index (κ1) is 33.2. The first-order valence-electron chi connectivity index (χ1n) is 15.3. The van der Waals surface area contributed by atoms with Gasteiger partial charge in [-0.1, -0.05) is 42.1 Å². The molecule has 13 heteroatoms. The Kier molecular flexibility index (Phi) is 10.2. The van der Waals surface area contributed by atoms with Crippen LogP contribution in [0.1, 0.15) is 39.8 Å². The largest absolute Gasteiger partial charge is 0.497 e. The molecule has 11 nitrogen and oxygen atoms in total. The lowest BCUT2D eigenvalue weighted by Crippen LogP contribution is -2.28. The molecule has 1 N–H and O–H groups in total. The zero-order chi connectivity index (χ0) is 34.3. The van der Waals surface area contributed by atoms with Crippen molar-refractivity contribution in [2.45, 2.75) is 24.2 Å². The molecule has 0 spiro atoms. The maximum atomic E-state index is 13.8. The average Bonchev–Trinajstić information content (AvgIpc) is 3.78. The highest BCUT2D eigenvalue weighted by molar-refractivity contribution is 7.99. The van der Waals surface area contributed by atoms with Gasteiger partial charge in [-0.25, -0.2) is 9.40 Å². The minimum atomic E-state index is -0.417. The molecule has 1 aliphatic heterocycles. The number of carbonyl (C=O) groups excluding carboxylic acids is 2. The van der Waals surface area contributed by atoms with Crippen molar-refractivity contribution in [3.05, 3.63) is 125 Å². The van der Waals surface area contributed by atoms with Gasteiger partial charge in [0, 0.05) is 17.7 Å². The first-order chi connectivity index (χ1) is 23.9. The molecule has 4 aromatic carbocycles. The number of halogens is 1. The van der Waals surface area contributed by atoms with Crippen molar-refractivity contribution in [3.63, 3.8) is 0 Å². The smallest absolute Gasteiger partial charge is 0.253 e. The minimum Gasteiger partial charge on any atom is -0.497 e. The van der Waals surface area contributed by atoms with Crippen LogP contribution in [0.25, 0.3) is 5.69 Å². The summed E-state index contributed by atoms with van der Waals surface area (Å²) in [6, 6.07) is 27.5. The van der Waals surface area contributed by atoms with Crippen molar-refractivity contribution in [2.75, 3.05) is 27.1 Å². The second kappa shape index (κ2) is 15.0. The summed E-state index contributed by atoms with van der Waals surface area (Å²) in [6.45, 7) is 0.0673. The molecule has 0 saturated carbocycles. The van der Waals surface area contributed by atoms with Crippen LogP contribution in [-0.4, -0.2) is 64.4 Å². The molecular weight excluding hydrogens is 647 g/mol. The average molecular weight is 681 g/mol. The topological polar surface area (TPSA) is 120 Å². The molecule has 0 aliphatic carbocycles. The number of para-hydroxylation sites is 1. The quantitative estimate of drug-likeness (QED) is 0.164. The molecule has 1 aromatic heterocycles. The molecule has 1 aliphatic rings. The molecular formula is C36H33FN6O5S. The van der Waals surface area contributed by atoms with Gasteiger partial charge in [-0.05, 0) is 77.9 Å². The van der Waals surface area contributed by atoms with Gasteiger partial charge in [0.2, 0.25) is 0 Å². The van der Waals surface area contributed by atoms with Crippen LogP contribution in [0, 0.1) is 5.82 Å². The fourth-order valence-electron chi connectivity index (χ4n) is 5.42. The summed E-state index contributed by atoms with van der Waals surface area (Å²) in [5.41, 5.74) is 3.52. The molecule has 0 saturated heterocycles. The van der Waals surface area contributed by atoms with Crippen molar-refractivity contribution >= 4 is 29.3 Å². The summed E-state index contributed by atoms with van der Waals surface area (Å²) >= 11 is 1.21. The van der Waals surface area contributed by atoms with Gasteiger partial charge in [0.15, 0.2) is 22.5 Å². The van der Waals surface area contributed by atoms with Gasteiger partial charge >= 0.3 is 0 Å². The molecule has 0 radical (unpaired) electrons. The Morgan fingerprint density at radius 1 is 0.878 bits per heavy atom. The Labute approximate surface area is 286 Å². The van der Waals surface area contributed by atoms with E-state index in [4.69, 9.17) is 19.3 Å². The predicted molar refractivity (Wildman–Crippen MR) is 183 cm³/mol. The molecule has 6 rings (SSSR count). The number of nitrogens with one attached hydrogen (secondary N) is 1. The van der Waals surface area contributed by atoms with Crippen LogP contribution in [-0.2, 0) is 11.3 Å². The number of nitrogens with zero attached hydrogens (tertiary/aromatic N) is 5. The number of hydrogen-bond donors (Lipinski definition) is 1. The van der Waals surface area contributed by atoms with E-state index in [0.717, 1.165) is 22.5 Å². The van der Waals surface area contributed by atoms with Gasteiger partial charge in [0.1, 0.15) is 11.6 Å². The third-order valence-corrected chi connectivity index (χ3v) is 8.85. The van der Waals surface area contributed by atoms with Crippen molar-refractivity contribution in [1.82, 2.24) is 25.1 Å². The van der Waals surface area contributed by atoms with Gasteiger partial charge in [0.25, 0.3) is 11.8 Å².